The molecule has 2 N–H and O–H groups in total. The second-order valence-electron chi connectivity index (χ2n) is 6.15. The molecule has 5 nitrogen and oxygen atoms in total. The number of aliphatic hydroxyl groups excluding tert-OH is 1. The van der Waals surface area contributed by atoms with Gasteiger partial charge in [-0.3, -0.25) is 4.79 Å². The quantitative estimate of drug-likeness (QED) is 0.908. The van der Waals surface area contributed by atoms with Gasteiger partial charge in [0.15, 0.2) is 0 Å². The van der Waals surface area contributed by atoms with Gasteiger partial charge in [0.25, 0.3) is 5.91 Å². The second-order valence-corrected chi connectivity index (χ2v) is 6.15. The summed E-state index contributed by atoms with van der Waals surface area (Å²) in [4.78, 5) is 25.3. The fourth-order valence-electron chi connectivity index (χ4n) is 3.09. The van der Waals surface area contributed by atoms with Crippen molar-refractivity contribution in [1.82, 2.24) is 4.90 Å². The first-order valence-electron chi connectivity index (χ1n) is 7.84. The molecule has 0 aliphatic carbocycles. The Labute approximate surface area is 140 Å². The van der Waals surface area contributed by atoms with Crippen molar-refractivity contribution in [3.8, 4) is 11.1 Å². The first-order valence-corrected chi connectivity index (χ1v) is 7.84. The summed E-state index contributed by atoms with van der Waals surface area (Å²) in [7, 11) is 0. The van der Waals surface area contributed by atoms with E-state index in [0.717, 1.165) is 16.7 Å². The van der Waals surface area contributed by atoms with Crippen LogP contribution in [0.25, 0.3) is 11.1 Å². The Morgan fingerprint density at radius 2 is 1.75 bits per heavy atom. The smallest absolute Gasteiger partial charge is 0.326 e. The molecule has 2 atom stereocenters. The first kappa shape index (κ1) is 16.2. The third-order valence-corrected chi connectivity index (χ3v) is 4.29. The molecule has 1 amide bonds. The van der Waals surface area contributed by atoms with Crippen molar-refractivity contribution >= 4 is 11.9 Å². The summed E-state index contributed by atoms with van der Waals surface area (Å²) in [5, 5.41) is 19.0. The molecule has 2 aromatic rings. The van der Waals surface area contributed by atoms with Crippen molar-refractivity contribution in [3.05, 3.63) is 59.7 Å². The number of rotatable bonds is 3. The molecule has 5 heteroatoms. The average molecular weight is 325 g/mol. The topological polar surface area (TPSA) is 77.8 Å². The molecule has 24 heavy (non-hydrogen) atoms. The van der Waals surface area contributed by atoms with Crippen LogP contribution in [0.5, 0.6) is 0 Å². The number of β-amino-alcohol motifs (C(OH)–C–C–N with tert-alkyl or cyclic N) is 1. The summed E-state index contributed by atoms with van der Waals surface area (Å²) in [6.45, 7) is 2.05. The van der Waals surface area contributed by atoms with E-state index in [9.17, 15) is 19.8 Å². The molecule has 1 saturated heterocycles. The van der Waals surface area contributed by atoms with Crippen LogP contribution in [0.3, 0.4) is 0 Å². The average Bonchev–Trinajstić information content (AvgIpc) is 2.96. The van der Waals surface area contributed by atoms with Crippen molar-refractivity contribution in [2.75, 3.05) is 6.54 Å². The van der Waals surface area contributed by atoms with E-state index in [4.69, 9.17) is 0 Å². The van der Waals surface area contributed by atoms with Crippen molar-refractivity contribution in [1.29, 1.82) is 0 Å². The van der Waals surface area contributed by atoms with Gasteiger partial charge in [0.1, 0.15) is 6.04 Å². The second kappa shape index (κ2) is 6.45. The van der Waals surface area contributed by atoms with E-state index in [1.54, 1.807) is 18.2 Å². The molecule has 3 rings (SSSR count). The van der Waals surface area contributed by atoms with Crippen LogP contribution in [-0.4, -0.2) is 45.7 Å². The molecule has 0 saturated carbocycles. The van der Waals surface area contributed by atoms with E-state index in [0.29, 0.717) is 5.56 Å². The van der Waals surface area contributed by atoms with Crippen LogP contribution < -0.4 is 0 Å². The maximum atomic E-state index is 12.7. The zero-order valence-electron chi connectivity index (χ0n) is 13.3. The highest BCUT2D eigenvalue weighted by Crippen LogP contribution is 2.25. The molecule has 0 bridgehead atoms. The fourth-order valence-corrected chi connectivity index (χ4v) is 3.09. The van der Waals surface area contributed by atoms with Crippen LogP contribution in [0.15, 0.2) is 48.5 Å². The van der Waals surface area contributed by atoms with Gasteiger partial charge in [0.2, 0.25) is 0 Å². The largest absolute Gasteiger partial charge is 0.480 e. The van der Waals surface area contributed by atoms with Crippen molar-refractivity contribution in [2.24, 2.45) is 0 Å². The van der Waals surface area contributed by atoms with E-state index in [2.05, 4.69) is 0 Å². The van der Waals surface area contributed by atoms with Gasteiger partial charge in [0.05, 0.1) is 6.10 Å². The minimum atomic E-state index is -1.09. The number of carbonyl (C=O) groups excluding carboxylic acids is 1. The maximum absolute atomic E-state index is 12.7. The number of hydrogen-bond donors (Lipinski definition) is 2. The molecule has 0 aromatic heterocycles. The van der Waals surface area contributed by atoms with Gasteiger partial charge in [-0.2, -0.15) is 0 Å². The molecule has 0 radical (unpaired) electrons. The van der Waals surface area contributed by atoms with Gasteiger partial charge >= 0.3 is 5.97 Å². The number of aliphatic carboxylic acids is 1. The highest BCUT2D eigenvalue weighted by Gasteiger charge is 2.39. The minimum Gasteiger partial charge on any atom is -0.480 e. The molecule has 0 spiro atoms. The fraction of sp³-hybridized carbons (Fsp3) is 0.263. The van der Waals surface area contributed by atoms with E-state index in [1.807, 2.05) is 37.3 Å². The van der Waals surface area contributed by atoms with Crippen LogP contribution in [0.4, 0.5) is 0 Å². The highest BCUT2D eigenvalue weighted by atomic mass is 16.4. The lowest BCUT2D eigenvalue weighted by Gasteiger charge is -2.21. The SMILES string of the molecule is Cc1cccc(-c2cccc(C(=O)N3C[C@H](O)C[C@H]3C(=O)O)c2)c1. The molecule has 1 aliphatic rings. The Morgan fingerprint density at radius 1 is 1.08 bits per heavy atom. The predicted octanol–water partition coefficient (Wildman–Crippen LogP) is 2.32. The Kier molecular flexibility index (Phi) is 4.36. The van der Waals surface area contributed by atoms with Gasteiger partial charge in [0, 0.05) is 18.5 Å². The number of aryl methyl sites for hydroxylation is 1. The highest BCUT2D eigenvalue weighted by molar-refractivity contribution is 5.98. The van der Waals surface area contributed by atoms with Gasteiger partial charge < -0.3 is 15.1 Å². The molecule has 1 heterocycles. The maximum Gasteiger partial charge on any atom is 0.326 e. The van der Waals surface area contributed by atoms with Crippen molar-refractivity contribution in [2.45, 2.75) is 25.5 Å². The lowest BCUT2D eigenvalue weighted by atomic mass is 10.0. The van der Waals surface area contributed by atoms with Gasteiger partial charge in [-0.1, -0.05) is 42.0 Å². The van der Waals surface area contributed by atoms with Crippen LogP contribution in [0.2, 0.25) is 0 Å². The Hall–Kier alpha value is -2.66. The van der Waals surface area contributed by atoms with Crippen molar-refractivity contribution < 1.29 is 19.8 Å². The van der Waals surface area contributed by atoms with Crippen LogP contribution in [0, 0.1) is 6.92 Å². The van der Waals surface area contributed by atoms with E-state index < -0.39 is 18.1 Å². The normalized spacial score (nSPS) is 20.2. The Morgan fingerprint density at radius 3 is 2.42 bits per heavy atom. The number of nitrogens with zero attached hydrogens (tertiary/aromatic N) is 1. The summed E-state index contributed by atoms with van der Waals surface area (Å²) in [6.07, 6.45) is -0.728. The number of amides is 1. The van der Waals surface area contributed by atoms with E-state index >= 15 is 0 Å². The molecule has 1 aliphatic heterocycles. The number of benzene rings is 2. The molecular weight excluding hydrogens is 306 g/mol. The number of aliphatic hydroxyl groups is 1. The van der Waals surface area contributed by atoms with Gasteiger partial charge in [-0.05, 0) is 30.2 Å². The number of carboxylic acid groups (broad SMARTS) is 1. The molecule has 1 fully saturated rings. The van der Waals surface area contributed by atoms with Crippen LogP contribution in [-0.2, 0) is 4.79 Å². The predicted molar refractivity (Wildman–Crippen MR) is 89.7 cm³/mol. The number of carboxylic acids is 1. The van der Waals surface area contributed by atoms with E-state index in [-0.39, 0.29) is 18.9 Å². The van der Waals surface area contributed by atoms with Gasteiger partial charge in [-0.15, -0.1) is 0 Å². The molecular formula is C19H19NO4. The van der Waals surface area contributed by atoms with Gasteiger partial charge in [-0.25, -0.2) is 4.79 Å². The number of hydrogen-bond acceptors (Lipinski definition) is 3. The zero-order valence-corrected chi connectivity index (χ0v) is 13.3. The third kappa shape index (κ3) is 3.16. The van der Waals surface area contributed by atoms with E-state index in [1.165, 1.54) is 4.90 Å². The summed E-state index contributed by atoms with van der Waals surface area (Å²) < 4.78 is 0. The van der Waals surface area contributed by atoms with Crippen LogP contribution >= 0.6 is 0 Å². The number of likely N-dealkylation sites (tertiary alicyclic amines) is 1. The Balaban J connectivity index is 1.91. The summed E-state index contributed by atoms with van der Waals surface area (Å²) >= 11 is 0. The molecule has 0 unspecified atom stereocenters. The summed E-state index contributed by atoms with van der Waals surface area (Å²) in [5.74, 6) is -1.46. The molecule has 2 aromatic carbocycles. The summed E-state index contributed by atoms with van der Waals surface area (Å²) in [6, 6.07) is 14.1. The Bertz CT molecular complexity index is 786. The zero-order chi connectivity index (χ0) is 17.3. The lowest BCUT2D eigenvalue weighted by molar-refractivity contribution is -0.141. The third-order valence-electron chi connectivity index (χ3n) is 4.29. The van der Waals surface area contributed by atoms with Crippen LogP contribution in [0.1, 0.15) is 22.3 Å². The summed E-state index contributed by atoms with van der Waals surface area (Å²) in [5.41, 5.74) is 3.45. The minimum absolute atomic E-state index is 0.0461. The monoisotopic (exact) mass is 325 g/mol. The lowest BCUT2D eigenvalue weighted by Crippen LogP contribution is -2.40. The number of carbonyl (C=O) groups is 2. The first-order chi connectivity index (χ1) is 11.5. The molecule has 124 valence electrons. The standard InChI is InChI=1S/C19H19NO4/c1-12-4-2-5-13(8-12)14-6-3-7-15(9-14)18(22)20-11-16(21)10-17(20)19(23)24/h2-9,16-17,21H,10-11H2,1H3,(H,23,24)/t16-,17+/m1/s1. The van der Waals surface area contributed by atoms with Crippen molar-refractivity contribution in [3.63, 3.8) is 0 Å².